The first kappa shape index (κ1) is 15.3. The number of nitrogens with zero attached hydrogens (tertiary/aromatic N) is 4. The SMILES string of the molecule is c1cc2c(cc1CN1CCN(Cc3nc(C4CC4)no3)CC1)CCO2. The monoisotopic (exact) mass is 340 g/mol. The molecule has 1 aromatic carbocycles. The van der Waals surface area contributed by atoms with Gasteiger partial charge in [0, 0.05) is 45.1 Å². The summed E-state index contributed by atoms with van der Waals surface area (Å²) >= 11 is 0. The molecule has 0 unspecified atom stereocenters. The number of rotatable bonds is 5. The number of benzene rings is 1. The first-order valence-corrected chi connectivity index (χ1v) is 9.35. The summed E-state index contributed by atoms with van der Waals surface area (Å²) in [6.07, 6.45) is 3.48. The van der Waals surface area contributed by atoms with Crippen LogP contribution < -0.4 is 4.74 Å². The summed E-state index contributed by atoms with van der Waals surface area (Å²) in [7, 11) is 0. The van der Waals surface area contributed by atoms with Crippen LogP contribution in [-0.2, 0) is 19.5 Å². The largest absolute Gasteiger partial charge is 0.493 e. The van der Waals surface area contributed by atoms with Crippen molar-refractivity contribution in [2.75, 3.05) is 32.8 Å². The highest BCUT2D eigenvalue weighted by Gasteiger charge is 2.29. The summed E-state index contributed by atoms with van der Waals surface area (Å²) in [4.78, 5) is 9.48. The molecule has 1 aliphatic carbocycles. The molecule has 5 rings (SSSR count). The normalized spacial score (nSPS) is 21.3. The van der Waals surface area contributed by atoms with Crippen LogP contribution in [0.15, 0.2) is 22.7 Å². The Kier molecular flexibility index (Phi) is 3.94. The fraction of sp³-hybridized carbons (Fsp3) is 0.579. The highest BCUT2D eigenvalue weighted by Crippen LogP contribution is 2.38. The molecule has 6 nitrogen and oxygen atoms in total. The minimum Gasteiger partial charge on any atom is -0.493 e. The number of piperazine rings is 1. The Morgan fingerprint density at radius 1 is 1.04 bits per heavy atom. The van der Waals surface area contributed by atoms with Crippen molar-refractivity contribution in [2.24, 2.45) is 0 Å². The number of hydrogen-bond acceptors (Lipinski definition) is 6. The van der Waals surface area contributed by atoms with Crippen molar-refractivity contribution in [2.45, 2.75) is 38.3 Å². The quantitative estimate of drug-likeness (QED) is 0.832. The van der Waals surface area contributed by atoms with Crippen LogP contribution in [0.4, 0.5) is 0 Å². The maximum atomic E-state index is 5.59. The molecule has 132 valence electrons. The molecule has 0 N–H and O–H groups in total. The topological polar surface area (TPSA) is 54.6 Å². The van der Waals surface area contributed by atoms with Crippen molar-refractivity contribution in [1.29, 1.82) is 0 Å². The van der Waals surface area contributed by atoms with Gasteiger partial charge in [-0.3, -0.25) is 9.80 Å². The molecular weight excluding hydrogens is 316 g/mol. The first-order valence-electron chi connectivity index (χ1n) is 9.35. The summed E-state index contributed by atoms with van der Waals surface area (Å²) in [6, 6.07) is 6.64. The maximum Gasteiger partial charge on any atom is 0.240 e. The van der Waals surface area contributed by atoms with E-state index in [4.69, 9.17) is 9.26 Å². The lowest BCUT2D eigenvalue weighted by Gasteiger charge is -2.34. The van der Waals surface area contributed by atoms with Crippen molar-refractivity contribution < 1.29 is 9.26 Å². The Balaban J connectivity index is 1.13. The Morgan fingerprint density at radius 3 is 2.64 bits per heavy atom. The van der Waals surface area contributed by atoms with Crippen molar-refractivity contribution in [3.05, 3.63) is 41.0 Å². The highest BCUT2D eigenvalue weighted by atomic mass is 16.5. The predicted octanol–water partition coefficient (Wildman–Crippen LogP) is 2.20. The zero-order valence-electron chi connectivity index (χ0n) is 14.5. The van der Waals surface area contributed by atoms with Gasteiger partial charge in [-0.2, -0.15) is 4.98 Å². The number of hydrogen-bond donors (Lipinski definition) is 0. The van der Waals surface area contributed by atoms with Crippen LogP contribution in [0.5, 0.6) is 5.75 Å². The highest BCUT2D eigenvalue weighted by molar-refractivity contribution is 5.39. The van der Waals surface area contributed by atoms with E-state index in [1.54, 1.807) is 0 Å². The molecule has 1 aromatic heterocycles. The number of ether oxygens (including phenoxy) is 1. The van der Waals surface area contributed by atoms with Crippen LogP contribution in [0.25, 0.3) is 0 Å². The minimum atomic E-state index is 0.562. The molecule has 6 heteroatoms. The van der Waals surface area contributed by atoms with E-state index >= 15 is 0 Å². The molecule has 2 fully saturated rings. The van der Waals surface area contributed by atoms with Crippen LogP contribution in [0, 0.1) is 0 Å². The van der Waals surface area contributed by atoms with Crippen LogP contribution in [0.1, 0.15) is 41.6 Å². The van der Waals surface area contributed by atoms with E-state index in [2.05, 4.69) is 38.1 Å². The van der Waals surface area contributed by atoms with E-state index in [9.17, 15) is 0 Å². The third-order valence-corrected chi connectivity index (χ3v) is 5.41. The van der Waals surface area contributed by atoms with Gasteiger partial charge in [-0.25, -0.2) is 0 Å². The molecule has 0 bridgehead atoms. The standard InChI is InChI=1S/C19H24N4O2/c1-4-17-16(5-10-24-17)11-14(1)12-22-6-8-23(9-7-22)13-18-20-19(21-25-18)15-2-3-15/h1,4,11,15H,2-3,5-10,12-13H2. The summed E-state index contributed by atoms with van der Waals surface area (Å²) in [5.74, 6) is 3.31. The maximum absolute atomic E-state index is 5.59. The average molecular weight is 340 g/mol. The smallest absolute Gasteiger partial charge is 0.240 e. The van der Waals surface area contributed by atoms with Gasteiger partial charge >= 0.3 is 0 Å². The van der Waals surface area contributed by atoms with Crippen molar-refractivity contribution in [1.82, 2.24) is 19.9 Å². The van der Waals surface area contributed by atoms with Gasteiger partial charge in [0.15, 0.2) is 5.82 Å². The van der Waals surface area contributed by atoms with Crippen LogP contribution in [0.2, 0.25) is 0 Å². The molecular formula is C19H24N4O2. The molecule has 0 atom stereocenters. The molecule has 3 heterocycles. The lowest BCUT2D eigenvalue weighted by molar-refractivity contribution is 0.112. The molecule has 0 spiro atoms. The predicted molar refractivity (Wildman–Crippen MR) is 92.5 cm³/mol. The molecule has 0 radical (unpaired) electrons. The fourth-order valence-corrected chi connectivity index (χ4v) is 3.73. The third-order valence-electron chi connectivity index (χ3n) is 5.41. The van der Waals surface area contributed by atoms with Crippen molar-refractivity contribution in [3.8, 4) is 5.75 Å². The molecule has 2 aliphatic heterocycles. The van der Waals surface area contributed by atoms with E-state index in [0.29, 0.717) is 5.92 Å². The molecule has 25 heavy (non-hydrogen) atoms. The Hall–Kier alpha value is -1.92. The van der Waals surface area contributed by atoms with Gasteiger partial charge in [-0.15, -0.1) is 0 Å². The van der Waals surface area contributed by atoms with Crippen LogP contribution in [0.3, 0.4) is 0 Å². The van der Waals surface area contributed by atoms with Gasteiger partial charge in [-0.1, -0.05) is 17.3 Å². The van der Waals surface area contributed by atoms with Gasteiger partial charge in [0.05, 0.1) is 13.2 Å². The molecule has 0 amide bonds. The second kappa shape index (κ2) is 6.42. The average Bonchev–Trinajstić information content (AvgIpc) is 3.20. The summed E-state index contributed by atoms with van der Waals surface area (Å²) < 4.78 is 11.0. The second-order valence-corrected chi connectivity index (χ2v) is 7.41. The van der Waals surface area contributed by atoms with E-state index in [1.807, 2.05) is 0 Å². The van der Waals surface area contributed by atoms with Crippen molar-refractivity contribution in [3.63, 3.8) is 0 Å². The van der Waals surface area contributed by atoms with Gasteiger partial charge < -0.3 is 9.26 Å². The minimum absolute atomic E-state index is 0.562. The van der Waals surface area contributed by atoms with Gasteiger partial charge in [-0.05, 0) is 30.0 Å². The molecule has 1 saturated heterocycles. The zero-order chi connectivity index (χ0) is 16.6. The lowest BCUT2D eigenvalue weighted by atomic mass is 10.1. The number of aromatic nitrogens is 2. The summed E-state index contributed by atoms with van der Waals surface area (Å²) in [5.41, 5.74) is 2.75. The Labute approximate surface area is 147 Å². The van der Waals surface area contributed by atoms with Gasteiger partial charge in [0.2, 0.25) is 5.89 Å². The summed E-state index contributed by atoms with van der Waals surface area (Å²) in [6.45, 7) is 6.89. The van der Waals surface area contributed by atoms with E-state index in [-0.39, 0.29) is 0 Å². The summed E-state index contributed by atoms with van der Waals surface area (Å²) in [5, 5.41) is 4.11. The van der Waals surface area contributed by atoms with E-state index in [0.717, 1.165) is 69.8 Å². The van der Waals surface area contributed by atoms with Gasteiger partial charge in [0.25, 0.3) is 0 Å². The van der Waals surface area contributed by atoms with E-state index in [1.165, 1.54) is 24.0 Å². The Bertz CT molecular complexity index is 748. The van der Waals surface area contributed by atoms with Crippen LogP contribution >= 0.6 is 0 Å². The first-order chi connectivity index (χ1) is 12.3. The second-order valence-electron chi connectivity index (χ2n) is 7.41. The number of fused-ring (bicyclic) bond motifs is 1. The van der Waals surface area contributed by atoms with E-state index < -0.39 is 0 Å². The molecule has 3 aliphatic rings. The van der Waals surface area contributed by atoms with Gasteiger partial charge in [0.1, 0.15) is 5.75 Å². The molecule has 2 aromatic rings. The van der Waals surface area contributed by atoms with Crippen molar-refractivity contribution >= 4 is 0 Å². The lowest BCUT2D eigenvalue weighted by Crippen LogP contribution is -2.45. The third kappa shape index (κ3) is 3.41. The fourth-order valence-electron chi connectivity index (χ4n) is 3.73. The Morgan fingerprint density at radius 2 is 1.84 bits per heavy atom. The zero-order valence-corrected chi connectivity index (χ0v) is 14.5. The molecule has 1 saturated carbocycles. The van der Waals surface area contributed by atoms with Crippen LogP contribution in [-0.4, -0.2) is 52.7 Å².